The van der Waals surface area contributed by atoms with Crippen LogP contribution in [0.2, 0.25) is 0 Å². The molecule has 0 fully saturated rings. The molecule has 1 heterocycles. The highest BCUT2D eigenvalue weighted by Crippen LogP contribution is 2.42. The number of benzene rings is 1. The van der Waals surface area contributed by atoms with Gasteiger partial charge in [-0.15, -0.1) is 0 Å². The van der Waals surface area contributed by atoms with E-state index in [1.807, 2.05) is 0 Å². The first-order valence-electron chi connectivity index (χ1n) is 9.07. The number of hydrogen-bond donors (Lipinski definition) is 2. The molecule has 12 heteroatoms. The Labute approximate surface area is 177 Å². The number of allylic oxidation sites excluding steroid dienone is 2. The molecule has 0 bridgehead atoms. The minimum absolute atomic E-state index is 0.0245. The van der Waals surface area contributed by atoms with Crippen LogP contribution >= 0.6 is 0 Å². The Hall–Kier alpha value is -3.31. The molecule has 0 aromatic heterocycles. The van der Waals surface area contributed by atoms with Crippen LogP contribution in [0.4, 0.5) is 32.0 Å². The quantitative estimate of drug-likeness (QED) is 0.334. The maximum atomic E-state index is 14.4. The first-order chi connectivity index (χ1) is 14.8. The van der Waals surface area contributed by atoms with Gasteiger partial charge in [-0.05, 0) is 37.8 Å². The van der Waals surface area contributed by atoms with E-state index in [9.17, 15) is 40.7 Å². The molecule has 0 saturated heterocycles. The van der Waals surface area contributed by atoms with E-state index in [0.29, 0.717) is 5.57 Å². The minimum Gasteiger partial charge on any atom is -0.481 e. The zero-order chi connectivity index (χ0) is 24.4. The van der Waals surface area contributed by atoms with Crippen molar-refractivity contribution in [2.45, 2.75) is 45.9 Å². The number of carboxylic acid groups (broad SMARTS) is 1. The molecule has 0 aliphatic carbocycles. The second kappa shape index (κ2) is 9.45. The predicted octanol–water partition coefficient (Wildman–Crippen LogP) is 5.05. The molecule has 0 radical (unpaired) electrons. The van der Waals surface area contributed by atoms with E-state index in [0.717, 1.165) is 0 Å². The van der Waals surface area contributed by atoms with E-state index in [1.165, 1.54) is 25.2 Å². The van der Waals surface area contributed by atoms with Gasteiger partial charge in [-0.1, -0.05) is 11.6 Å². The van der Waals surface area contributed by atoms with Gasteiger partial charge in [0.1, 0.15) is 6.61 Å². The fraction of sp³-hybridized carbons (Fsp3) is 0.350. The molecule has 174 valence electrons. The van der Waals surface area contributed by atoms with E-state index in [-0.39, 0.29) is 24.0 Å². The number of esters is 1. The van der Waals surface area contributed by atoms with E-state index >= 15 is 0 Å². The Morgan fingerprint density at radius 3 is 2.34 bits per heavy atom. The number of nitrogens with one attached hydrogen (secondary N) is 1. The number of fused-ring (bicyclic) bond motifs is 1. The highest BCUT2D eigenvalue weighted by atomic mass is 19.4. The van der Waals surface area contributed by atoms with Gasteiger partial charge in [-0.2, -0.15) is 22.0 Å². The average molecular weight is 465 g/mol. The van der Waals surface area contributed by atoms with Crippen LogP contribution in [0.3, 0.4) is 0 Å². The van der Waals surface area contributed by atoms with Crippen molar-refractivity contribution in [1.29, 1.82) is 0 Å². The number of carbonyl (C=O) groups excluding carboxylic acids is 2. The number of rotatable bonds is 7. The number of amides is 1. The number of carbonyl (C=O) groups is 3. The molecule has 1 aliphatic heterocycles. The minimum atomic E-state index is -5.38. The molecular formula is C20H17F6NO5. The fourth-order valence-corrected chi connectivity index (χ4v) is 3.21. The smallest absolute Gasteiger partial charge is 0.471 e. The fourth-order valence-electron chi connectivity index (χ4n) is 3.21. The van der Waals surface area contributed by atoms with Gasteiger partial charge >= 0.3 is 30.1 Å². The van der Waals surface area contributed by atoms with Gasteiger partial charge in [0.2, 0.25) is 0 Å². The van der Waals surface area contributed by atoms with E-state index in [2.05, 4.69) is 0 Å². The summed E-state index contributed by atoms with van der Waals surface area (Å²) in [5.41, 5.74) is -2.43. The molecule has 2 rings (SSSR count). The Kier molecular flexibility index (Phi) is 7.37. The standard InChI is InChI=1S/C20H17F6NO5/c1-8(4-6-12(28)29)3-5-10-13(15(21)17(22)23)9(2)11-7-32-18(30)14(11)16(10)27-19(31)20(24,25)26/h3H,4-7H2,1-2H3,(H,27,31)(H,28,29)/b8-3+. The van der Waals surface area contributed by atoms with Gasteiger partial charge in [0.25, 0.3) is 0 Å². The van der Waals surface area contributed by atoms with Crippen molar-refractivity contribution >= 4 is 29.4 Å². The lowest BCUT2D eigenvalue weighted by Crippen LogP contribution is -2.31. The second-order valence-electron chi connectivity index (χ2n) is 6.96. The SMILES string of the molecule is C/C(=C\Cc1c(NC(=O)C(F)(F)F)c2c(c(C)c1C(F)=C(F)F)COC2=O)CCC(=O)O. The molecular weight excluding hydrogens is 448 g/mol. The number of ether oxygens (including phenoxy) is 1. The van der Waals surface area contributed by atoms with Gasteiger partial charge in [-0.3, -0.25) is 9.59 Å². The lowest BCUT2D eigenvalue weighted by Gasteiger charge is -2.20. The van der Waals surface area contributed by atoms with Crippen LogP contribution < -0.4 is 5.32 Å². The highest BCUT2D eigenvalue weighted by Gasteiger charge is 2.41. The van der Waals surface area contributed by atoms with Gasteiger partial charge < -0.3 is 15.2 Å². The number of aliphatic carboxylic acids is 1. The van der Waals surface area contributed by atoms with Crippen molar-refractivity contribution in [3.63, 3.8) is 0 Å². The number of hydrogen-bond acceptors (Lipinski definition) is 4. The van der Waals surface area contributed by atoms with Crippen LogP contribution in [0.1, 0.15) is 52.4 Å². The van der Waals surface area contributed by atoms with Crippen molar-refractivity contribution in [1.82, 2.24) is 0 Å². The molecule has 0 saturated carbocycles. The zero-order valence-electron chi connectivity index (χ0n) is 16.8. The first-order valence-corrected chi connectivity index (χ1v) is 9.07. The Bertz CT molecular complexity index is 1040. The lowest BCUT2D eigenvalue weighted by atomic mass is 9.88. The van der Waals surface area contributed by atoms with Crippen molar-refractivity contribution in [2.24, 2.45) is 0 Å². The van der Waals surface area contributed by atoms with E-state index in [4.69, 9.17) is 9.84 Å². The maximum Gasteiger partial charge on any atom is 0.471 e. The molecule has 1 aliphatic rings. The molecule has 6 nitrogen and oxygen atoms in total. The summed E-state index contributed by atoms with van der Waals surface area (Å²) in [6.07, 6.45) is -7.58. The lowest BCUT2D eigenvalue weighted by molar-refractivity contribution is -0.167. The third kappa shape index (κ3) is 5.29. The van der Waals surface area contributed by atoms with Gasteiger partial charge in [-0.25, -0.2) is 9.18 Å². The summed E-state index contributed by atoms with van der Waals surface area (Å²) in [5.74, 6) is -6.75. The van der Waals surface area contributed by atoms with Crippen LogP contribution in [0.5, 0.6) is 0 Å². The van der Waals surface area contributed by atoms with Gasteiger partial charge in [0.05, 0.1) is 11.3 Å². The number of halogens is 6. The Morgan fingerprint density at radius 2 is 1.81 bits per heavy atom. The van der Waals surface area contributed by atoms with Crippen molar-refractivity contribution in [2.75, 3.05) is 5.32 Å². The molecule has 2 N–H and O–H groups in total. The predicted molar refractivity (Wildman–Crippen MR) is 99.6 cm³/mol. The summed E-state index contributed by atoms with van der Waals surface area (Å²) in [6.45, 7) is 2.17. The van der Waals surface area contributed by atoms with Crippen LogP contribution in [-0.2, 0) is 27.4 Å². The molecule has 32 heavy (non-hydrogen) atoms. The molecule has 0 spiro atoms. The molecule has 0 unspecified atom stereocenters. The molecule has 1 amide bonds. The van der Waals surface area contributed by atoms with Crippen LogP contribution in [-0.4, -0.2) is 29.1 Å². The topological polar surface area (TPSA) is 92.7 Å². The van der Waals surface area contributed by atoms with E-state index < -0.39 is 71.3 Å². The van der Waals surface area contributed by atoms with Crippen LogP contribution in [0.15, 0.2) is 17.7 Å². The summed E-state index contributed by atoms with van der Waals surface area (Å²) in [7, 11) is 0. The third-order valence-electron chi connectivity index (χ3n) is 4.80. The normalized spacial score (nSPS) is 13.5. The second-order valence-corrected chi connectivity index (χ2v) is 6.96. The maximum absolute atomic E-state index is 14.4. The van der Waals surface area contributed by atoms with Crippen molar-refractivity contribution < 1.29 is 50.6 Å². The largest absolute Gasteiger partial charge is 0.481 e. The number of alkyl halides is 3. The van der Waals surface area contributed by atoms with Crippen LogP contribution in [0.25, 0.3) is 5.83 Å². The summed E-state index contributed by atoms with van der Waals surface area (Å²) in [6, 6.07) is 0. The van der Waals surface area contributed by atoms with Crippen molar-refractivity contribution in [3.8, 4) is 0 Å². The van der Waals surface area contributed by atoms with Gasteiger partial charge in [0.15, 0.2) is 5.83 Å². The zero-order valence-corrected chi connectivity index (χ0v) is 16.8. The molecule has 1 aromatic carbocycles. The summed E-state index contributed by atoms with van der Waals surface area (Å²) < 4.78 is 84.1. The molecule has 0 atom stereocenters. The van der Waals surface area contributed by atoms with Gasteiger partial charge in [0, 0.05) is 17.5 Å². The molecule has 1 aromatic rings. The number of carboxylic acids is 1. The van der Waals surface area contributed by atoms with E-state index in [1.54, 1.807) is 0 Å². The average Bonchev–Trinajstić information content (AvgIpc) is 3.07. The summed E-state index contributed by atoms with van der Waals surface area (Å²) in [4.78, 5) is 34.5. The Morgan fingerprint density at radius 1 is 1.19 bits per heavy atom. The monoisotopic (exact) mass is 465 g/mol. The summed E-state index contributed by atoms with van der Waals surface area (Å²) in [5, 5.41) is 10.2. The first kappa shape index (κ1) is 25.0. The number of cyclic esters (lactones) is 1. The highest BCUT2D eigenvalue weighted by molar-refractivity contribution is 6.07. The Balaban J connectivity index is 2.77. The van der Waals surface area contributed by atoms with Crippen LogP contribution in [0, 0.1) is 6.92 Å². The summed E-state index contributed by atoms with van der Waals surface area (Å²) >= 11 is 0. The third-order valence-corrected chi connectivity index (χ3v) is 4.80. The van der Waals surface area contributed by atoms with Crippen molar-refractivity contribution in [3.05, 3.63) is 45.5 Å². The number of anilines is 1.